The van der Waals surface area contributed by atoms with Gasteiger partial charge in [0.1, 0.15) is 0 Å². The van der Waals surface area contributed by atoms with Crippen LogP contribution in [0, 0.1) is 0 Å². The summed E-state index contributed by atoms with van der Waals surface area (Å²) in [7, 11) is 0. The van der Waals surface area contributed by atoms with E-state index in [1.807, 2.05) is 0 Å². The number of aromatic carboxylic acids is 1. The Labute approximate surface area is 91.8 Å². The number of nitrogens with two attached hydrogens (primary N) is 2. The van der Waals surface area contributed by atoms with Gasteiger partial charge in [-0.1, -0.05) is 0 Å². The third kappa shape index (κ3) is 2.73. The molecule has 0 saturated carbocycles. The maximum absolute atomic E-state index is 10.3. The van der Waals surface area contributed by atoms with Crippen molar-refractivity contribution in [2.45, 2.75) is 0 Å². The van der Waals surface area contributed by atoms with Crippen LogP contribution in [-0.2, 0) is 0 Å². The number of nitrogen functional groups attached to an aromatic ring is 2. The molecule has 0 amide bonds. The second-order valence-electron chi connectivity index (χ2n) is 2.18. The summed E-state index contributed by atoms with van der Waals surface area (Å²) in [6, 6.07) is 4.07. The molecule has 0 aliphatic heterocycles. The van der Waals surface area contributed by atoms with Crippen LogP contribution in [0.5, 0.6) is 0 Å². The number of carbonyl (C=O) groups excluding carboxylic acids is 1. The molecule has 5 heteroatoms. The summed E-state index contributed by atoms with van der Waals surface area (Å²) in [4.78, 5) is 10.3. The van der Waals surface area contributed by atoms with E-state index in [1.165, 1.54) is 18.2 Å². The second-order valence-corrected chi connectivity index (χ2v) is 2.18. The minimum Gasteiger partial charge on any atom is -0.545 e. The first kappa shape index (κ1) is 11.3. The first-order valence-corrected chi connectivity index (χ1v) is 2.97. The van der Waals surface area contributed by atoms with Gasteiger partial charge in [-0.2, -0.15) is 0 Å². The van der Waals surface area contributed by atoms with E-state index in [4.69, 9.17) is 11.5 Å². The average molecular weight is 174 g/mol. The third-order valence-electron chi connectivity index (χ3n) is 1.21. The Balaban J connectivity index is 0.00000121. The predicted molar refractivity (Wildman–Crippen MR) is 39.6 cm³/mol. The predicted octanol–water partition coefficient (Wildman–Crippen LogP) is -3.78. The molecule has 4 N–H and O–H groups in total. The maximum Gasteiger partial charge on any atom is 1.00 e. The Morgan fingerprint density at radius 2 is 1.58 bits per heavy atom. The molecule has 1 aromatic carbocycles. The van der Waals surface area contributed by atoms with Crippen molar-refractivity contribution in [3.05, 3.63) is 23.8 Å². The Kier molecular flexibility index (Phi) is 4.09. The van der Waals surface area contributed by atoms with Gasteiger partial charge in [0.25, 0.3) is 0 Å². The Bertz CT molecular complexity index is 281. The number of carboxylic acid groups (broad SMARTS) is 1. The van der Waals surface area contributed by atoms with Gasteiger partial charge in [-0.25, -0.2) is 0 Å². The Morgan fingerprint density at radius 3 is 1.92 bits per heavy atom. The van der Waals surface area contributed by atoms with Crippen molar-refractivity contribution in [1.82, 2.24) is 0 Å². The minimum absolute atomic E-state index is 0. The topological polar surface area (TPSA) is 92.2 Å². The number of carbonyl (C=O) groups is 1. The summed E-state index contributed by atoms with van der Waals surface area (Å²) in [6.45, 7) is 0. The Morgan fingerprint density at radius 1 is 1.17 bits per heavy atom. The van der Waals surface area contributed by atoms with E-state index in [2.05, 4.69) is 0 Å². The van der Waals surface area contributed by atoms with Gasteiger partial charge < -0.3 is 21.4 Å². The van der Waals surface area contributed by atoms with Crippen molar-refractivity contribution >= 4 is 17.3 Å². The largest absolute Gasteiger partial charge is 1.00 e. The fourth-order valence-electron chi connectivity index (χ4n) is 0.794. The zero-order valence-electron chi connectivity index (χ0n) is 6.70. The molecule has 58 valence electrons. The average Bonchev–Trinajstić information content (AvgIpc) is 1.85. The third-order valence-corrected chi connectivity index (χ3v) is 1.21. The van der Waals surface area contributed by atoms with Crippen molar-refractivity contribution in [3.8, 4) is 0 Å². The first-order valence-electron chi connectivity index (χ1n) is 2.97. The van der Waals surface area contributed by atoms with Crippen LogP contribution in [0.15, 0.2) is 18.2 Å². The van der Waals surface area contributed by atoms with Gasteiger partial charge in [0.2, 0.25) is 0 Å². The van der Waals surface area contributed by atoms with Gasteiger partial charge in [-0.05, 0) is 18.2 Å². The molecule has 0 aliphatic rings. The van der Waals surface area contributed by atoms with Gasteiger partial charge in [0, 0.05) is 16.9 Å². The summed E-state index contributed by atoms with van der Waals surface area (Å²) in [5, 5.41) is 10.3. The van der Waals surface area contributed by atoms with E-state index in [-0.39, 0.29) is 35.1 Å². The van der Waals surface area contributed by atoms with Gasteiger partial charge in [0.15, 0.2) is 0 Å². The second kappa shape index (κ2) is 4.35. The van der Waals surface area contributed by atoms with Gasteiger partial charge in [-0.3, -0.25) is 0 Å². The fraction of sp³-hybridized carbons (Fsp3) is 0. The number of anilines is 2. The molecule has 0 aromatic heterocycles. The zero-order valence-corrected chi connectivity index (χ0v) is 8.70. The minimum atomic E-state index is -1.27. The van der Waals surface area contributed by atoms with Crippen LogP contribution in [0.1, 0.15) is 10.4 Å². The molecule has 0 heterocycles. The van der Waals surface area contributed by atoms with Gasteiger partial charge in [0.05, 0.1) is 5.97 Å². The van der Waals surface area contributed by atoms with E-state index in [0.29, 0.717) is 11.4 Å². The van der Waals surface area contributed by atoms with Crippen molar-refractivity contribution in [1.29, 1.82) is 0 Å². The van der Waals surface area contributed by atoms with Crippen LogP contribution in [-0.4, -0.2) is 5.97 Å². The van der Waals surface area contributed by atoms with Crippen molar-refractivity contribution < 1.29 is 39.5 Å². The molecule has 1 aromatic rings. The summed E-state index contributed by atoms with van der Waals surface area (Å²) in [6.07, 6.45) is 0. The molecule has 1 rings (SSSR count). The maximum atomic E-state index is 10.3. The number of hydrogen-bond donors (Lipinski definition) is 2. The molecule has 0 fully saturated rings. The summed E-state index contributed by atoms with van der Waals surface area (Å²) in [5.74, 6) is -1.27. The standard InChI is InChI=1S/C7H8N2O2.Na/c8-5-1-4(7(10)11)2-6(9)3-5;/h1-3H,8-9H2,(H,10,11);/q;+1/p-1. The van der Waals surface area contributed by atoms with Crippen LogP contribution in [0.4, 0.5) is 11.4 Å². The first-order chi connectivity index (χ1) is 5.09. The monoisotopic (exact) mass is 174 g/mol. The van der Waals surface area contributed by atoms with Crippen LogP contribution in [0.3, 0.4) is 0 Å². The van der Waals surface area contributed by atoms with Crippen LogP contribution < -0.4 is 46.1 Å². The molecular formula is C7H7N2NaO2. The van der Waals surface area contributed by atoms with Crippen molar-refractivity contribution in [2.24, 2.45) is 0 Å². The fourth-order valence-corrected chi connectivity index (χ4v) is 0.794. The number of benzene rings is 1. The smallest absolute Gasteiger partial charge is 0.545 e. The molecule has 0 aliphatic carbocycles. The molecule has 0 saturated heterocycles. The van der Waals surface area contributed by atoms with Crippen LogP contribution in [0.25, 0.3) is 0 Å². The van der Waals surface area contributed by atoms with E-state index in [0.717, 1.165) is 0 Å². The molecular weight excluding hydrogens is 167 g/mol. The molecule has 0 bridgehead atoms. The van der Waals surface area contributed by atoms with Crippen LogP contribution >= 0.6 is 0 Å². The quantitative estimate of drug-likeness (QED) is 0.337. The summed E-state index contributed by atoms with van der Waals surface area (Å²) in [5.41, 5.74) is 11.3. The summed E-state index contributed by atoms with van der Waals surface area (Å²) >= 11 is 0. The van der Waals surface area contributed by atoms with E-state index >= 15 is 0 Å². The molecule has 0 spiro atoms. The molecule has 0 radical (unpaired) electrons. The SMILES string of the molecule is Nc1cc(N)cc(C(=O)[O-])c1.[Na+]. The van der Waals surface area contributed by atoms with E-state index in [9.17, 15) is 9.90 Å². The molecule has 0 unspecified atom stereocenters. The van der Waals surface area contributed by atoms with Crippen molar-refractivity contribution in [2.75, 3.05) is 11.5 Å². The molecule has 12 heavy (non-hydrogen) atoms. The van der Waals surface area contributed by atoms with Gasteiger partial charge >= 0.3 is 29.6 Å². The van der Waals surface area contributed by atoms with Crippen molar-refractivity contribution in [3.63, 3.8) is 0 Å². The van der Waals surface area contributed by atoms with E-state index < -0.39 is 5.97 Å². The van der Waals surface area contributed by atoms with E-state index in [1.54, 1.807) is 0 Å². The molecule has 0 atom stereocenters. The summed E-state index contributed by atoms with van der Waals surface area (Å²) < 4.78 is 0. The normalized spacial score (nSPS) is 8.67. The number of carboxylic acids is 1. The van der Waals surface area contributed by atoms with Crippen LogP contribution in [0.2, 0.25) is 0 Å². The number of hydrogen-bond acceptors (Lipinski definition) is 4. The van der Waals surface area contributed by atoms with Gasteiger partial charge in [-0.15, -0.1) is 0 Å². The number of rotatable bonds is 1. The Hall–Kier alpha value is -0.710. The zero-order chi connectivity index (χ0) is 8.43. The molecule has 4 nitrogen and oxygen atoms in total.